The summed E-state index contributed by atoms with van der Waals surface area (Å²) < 4.78 is 0.869. The molecule has 0 aliphatic carbocycles. The maximum atomic E-state index is 12.3. The lowest BCUT2D eigenvalue weighted by Gasteiger charge is -2.12. The van der Waals surface area contributed by atoms with Gasteiger partial charge in [0.15, 0.2) is 5.11 Å². The Hall–Kier alpha value is -2.25. The number of amides is 2. The fourth-order valence-electron chi connectivity index (χ4n) is 2.35. The minimum Gasteiger partial charge on any atom is -0.349 e. The molecule has 2 aromatic carbocycles. The van der Waals surface area contributed by atoms with E-state index in [0.717, 1.165) is 21.3 Å². The zero-order chi connectivity index (χ0) is 20.0. The van der Waals surface area contributed by atoms with Crippen LogP contribution in [0.15, 0.2) is 46.9 Å². The van der Waals surface area contributed by atoms with E-state index in [2.05, 4.69) is 26.6 Å². The van der Waals surface area contributed by atoms with Crippen LogP contribution in [0.5, 0.6) is 0 Å². The van der Waals surface area contributed by atoms with Crippen LogP contribution in [0.3, 0.4) is 0 Å². The minimum absolute atomic E-state index is 0.0837. The molecule has 2 aromatic rings. The third kappa shape index (κ3) is 6.45. The Morgan fingerprint density at radius 2 is 1.89 bits per heavy atom. The van der Waals surface area contributed by atoms with Gasteiger partial charge in [-0.1, -0.05) is 34.1 Å². The summed E-state index contributed by atoms with van der Waals surface area (Å²) in [5.74, 6) is -0.193. The number of hydrogen-bond donors (Lipinski definition) is 2. The van der Waals surface area contributed by atoms with Crippen LogP contribution in [-0.4, -0.2) is 35.9 Å². The summed E-state index contributed by atoms with van der Waals surface area (Å²) in [6.45, 7) is 1.96. The number of halogens is 1. The lowest BCUT2D eigenvalue weighted by atomic mass is 10.1. The third-order valence-corrected chi connectivity index (χ3v) is 5.03. The molecule has 0 spiro atoms. The van der Waals surface area contributed by atoms with Gasteiger partial charge in [-0.3, -0.25) is 14.9 Å². The second-order valence-electron chi connectivity index (χ2n) is 6.36. The van der Waals surface area contributed by atoms with Gasteiger partial charge in [-0.25, -0.2) is 0 Å². The number of carbonyl (C=O) groups excluding carboxylic acids is 2. The van der Waals surface area contributed by atoms with Crippen molar-refractivity contribution in [3.8, 4) is 0 Å². The van der Waals surface area contributed by atoms with Gasteiger partial charge in [-0.2, -0.15) is 0 Å². The highest BCUT2D eigenvalue weighted by Gasteiger charge is 2.10. The van der Waals surface area contributed by atoms with Crippen molar-refractivity contribution in [3.05, 3.63) is 63.6 Å². The van der Waals surface area contributed by atoms with Crippen LogP contribution in [-0.2, 0) is 11.2 Å². The van der Waals surface area contributed by atoms with Gasteiger partial charge in [-0.15, -0.1) is 0 Å². The summed E-state index contributed by atoms with van der Waals surface area (Å²) >= 11 is 8.66. The lowest BCUT2D eigenvalue weighted by Crippen LogP contribution is -2.34. The molecule has 142 valence electrons. The predicted octanol–water partition coefficient (Wildman–Crippen LogP) is 3.91. The first-order valence-electron chi connectivity index (χ1n) is 8.44. The lowest BCUT2D eigenvalue weighted by molar-refractivity contribution is -0.128. The molecule has 27 heavy (non-hydrogen) atoms. The van der Waals surface area contributed by atoms with Crippen molar-refractivity contribution in [1.29, 1.82) is 0 Å². The number of thiocarbonyl (C=S) groups is 1. The van der Waals surface area contributed by atoms with Crippen molar-refractivity contribution in [3.63, 3.8) is 0 Å². The Labute approximate surface area is 173 Å². The van der Waals surface area contributed by atoms with Gasteiger partial charge in [0.25, 0.3) is 5.91 Å². The van der Waals surface area contributed by atoms with E-state index < -0.39 is 0 Å². The number of benzene rings is 2. The van der Waals surface area contributed by atoms with E-state index in [4.69, 9.17) is 12.2 Å². The van der Waals surface area contributed by atoms with Crippen LogP contribution >= 0.6 is 28.1 Å². The summed E-state index contributed by atoms with van der Waals surface area (Å²) in [7, 11) is 3.49. The number of aryl methyl sites for hydroxylation is 2. The largest absolute Gasteiger partial charge is 0.349 e. The van der Waals surface area contributed by atoms with Gasteiger partial charge in [0, 0.05) is 36.2 Å². The minimum atomic E-state index is -0.277. The van der Waals surface area contributed by atoms with Gasteiger partial charge < -0.3 is 10.2 Å². The molecule has 0 bridgehead atoms. The first-order chi connectivity index (χ1) is 12.8. The fourth-order valence-corrected chi connectivity index (χ4v) is 2.94. The molecule has 0 aliphatic heterocycles. The van der Waals surface area contributed by atoms with E-state index in [0.29, 0.717) is 18.4 Å². The van der Waals surface area contributed by atoms with E-state index >= 15 is 0 Å². The van der Waals surface area contributed by atoms with Crippen molar-refractivity contribution in [1.82, 2.24) is 10.2 Å². The van der Waals surface area contributed by atoms with Gasteiger partial charge in [0.1, 0.15) is 0 Å². The van der Waals surface area contributed by atoms with E-state index in [1.54, 1.807) is 31.1 Å². The molecule has 0 fully saturated rings. The Balaban J connectivity index is 1.95. The van der Waals surface area contributed by atoms with Crippen LogP contribution < -0.4 is 10.6 Å². The molecule has 7 heteroatoms. The molecule has 2 N–H and O–H groups in total. The molecule has 2 rings (SSSR count). The molecule has 0 saturated heterocycles. The van der Waals surface area contributed by atoms with Gasteiger partial charge in [0.05, 0.1) is 0 Å². The molecule has 5 nitrogen and oxygen atoms in total. The highest BCUT2D eigenvalue weighted by molar-refractivity contribution is 9.10. The van der Waals surface area contributed by atoms with E-state index in [1.165, 1.54) is 0 Å². The van der Waals surface area contributed by atoms with Crippen LogP contribution in [0.1, 0.15) is 27.9 Å². The summed E-state index contributed by atoms with van der Waals surface area (Å²) in [6, 6.07) is 13.0. The monoisotopic (exact) mass is 447 g/mol. The zero-order valence-electron chi connectivity index (χ0n) is 15.5. The van der Waals surface area contributed by atoms with Gasteiger partial charge >= 0.3 is 0 Å². The van der Waals surface area contributed by atoms with Gasteiger partial charge in [-0.05, 0) is 61.0 Å². The van der Waals surface area contributed by atoms with Gasteiger partial charge in [0.2, 0.25) is 5.91 Å². The van der Waals surface area contributed by atoms with Crippen LogP contribution in [0.25, 0.3) is 0 Å². The molecule has 0 aromatic heterocycles. The third-order valence-electron chi connectivity index (χ3n) is 3.97. The molecule has 0 unspecified atom stereocenters. The topological polar surface area (TPSA) is 61.4 Å². The molecule has 2 amide bonds. The standard InChI is InChI=1S/C20H22BrN3O2S/c1-13-7-9-15(12-17(13)21)19(26)23-20(27)22-16-6-4-5-14(11-16)8-10-18(25)24(2)3/h4-7,9,11-12H,8,10H2,1-3H3,(H2,22,23,26,27). The van der Waals surface area contributed by atoms with Crippen LogP contribution in [0.2, 0.25) is 0 Å². The second-order valence-corrected chi connectivity index (χ2v) is 7.62. The fraction of sp³-hybridized carbons (Fsp3) is 0.250. The number of nitrogens with one attached hydrogen (secondary N) is 2. The number of hydrogen-bond acceptors (Lipinski definition) is 3. The Bertz CT molecular complexity index is 868. The first-order valence-corrected chi connectivity index (χ1v) is 9.64. The van der Waals surface area contributed by atoms with E-state index in [1.807, 2.05) is 37.3 Å². The SMILES string of the molecule is Cc1ccc(C(=O)NC(=S)Nc2cccc(CCC(=O)N(C)C)c2)cc1Br. The van der Waals surface area contributed by atoms with Crippen LogP contribution in [0.4, 0.5) is 5.69 Å². The van der Waals surface area contributed by atoms with E-state index in [9.17, 15) is 9.59 Å². The summed E-state index contributed by atoms with van der Waals surface area (Å²) in [5.41, 5.74) is 3.36. The Morgan fingerprint density at radius 1 is 1.15 bits per heavy atom. The molecular weight excluding hydrogens is 426 g/mol. The van der Waals surface area contributed by atoms with Crippen molar-refractivity contribution >= 4 is 50.8 Å². The van der Waals surface area contributed by atoms with Crippen molar-refractivity contribution < 1.29 is 9.59 Å². The Morgan fingerprint density at radius 3 is 2.56 bits per heavy atom. The smallest absolute Gasteiger partial charge is 0.257 e. The maximum absolute atomic E-state index is 12.3. The number of nitrogens with zero attached hydrogens (tertiary/aromatic N) is 1. The second kappa shape index (κ2) is 9.62. The predicted molar refractivity (Wildman–Crippen MR) is 116 cm³/mol. The highest BCUT2D eigenvalue weighted by atomic mass is 79.9. The van der Waals surface area contributed by atoms with E-state index in [-0.39, 0.29) is 16.9 Å². The first kappa shape index (κ1) is 21.1. The van der Waals surface area contributed by atoms with Crippen molar-refractivity contribution in [2.45, 2.75) is 19.8 Å². The number of rotatable bonds is 5. The Kier molecular flexibility index (Phi) is 7.50. The van der Waals surface area contributed by atoms with Crippen LogP contribution in [0, 0.1) is 6.92 Å². The van der Waals surface area contributed by atoms with Crippen molar-refractivity contribution in [2.24, 2.45) is 0 Å². The molecular formula is C20H22BrN3O2S. The molecule has 0 atom stereocenters. The summed E-state index contributed by atoms with van der Waals surface area (Å²) in [5, 5.41) is 5.91. The summed E-state index contributed by atoms with van der Waals surface area (Å²) in [4.78, 5) is 25.6. The molecule has 0 aliphatic rings. The number of anilines is 1. The number of carbonyl (C=O) groups is 2. The molecule has 0 heterocycles. The zero-order valence-corrected chi connectivity index (χ0v) is 17.9. The quantitative estimate of drug-likeness (QED) is 0.682. The molecule has 0 saturated carbocycles. The summed E-state index contributed by atoms with van der Waals surface area (Å²) in [6.07, 6.45) is 1.09. The highest BCUT2D eigenvalue weighted by Crippen LogP contribution is 2.17. The normalized spacial score (nSPS) is 10.2. The average Bonchev–Trinajstić information content (AvgIpc) is 2.62. The van der Waals surface area contributed by atoms with Crippen molar-refractivity contribution in [2.75, 3.05) is 19.4 Å². The average molecular weight is 448 g/mol. The molecule has 0 radical (unpaired) electrons. The maximum Gasteiger partial charge on any atom is 0.257 e.